The normalized spacial score (nSPS) is 11.1. The third-order valence-electron chi connectivity index (χ3n) is 4.72. The molecule has 0 saturated heterocycles. The number of aromatic nitrogens is 5. The van der Waals surface area contributed by atoms with E-state index >= 15 is 0 Å². The van der Waals surface area contributed by atoms with Crippen LogP contribution in [0.15, 0.2) is 72.4 Å². The Morgan fingerprint density at radius 1 is 1.03 bits per heavy atom. The van der Waals surface area contributed by atoms with Gasteiger partial charge in [-0.1, -0.05) is 29.5 Å². The lowest BCUT2D eigenvalue weighted by molar-refractivity contribution is 0.102. The number of nitrogens with one attached hydrogen (secondary N) is 3. The second kappa shape index (κ2) is 8.78. The zero-order valence-electron chi connectivity index (χ0n) is 16.7. The highest BCUT2D eigenvalue weighted by Gasteiger charge is 2.13. The number of para-hydroxylation sites is 1. The van der Waals surface area contributed by atoms with Crippen LogP contribution >= 0.6 is 11.3 Å². The minimum Gasteiger partial charge on any atom is -0.355 e. The van der Waals surface area contributed by atoms with Crippen LogP contribution in [0.4, 0.5) is 16.5 Å². The van der Waals surface area contributed by atoms with E-state index in [-0.39, 0.29) is 5.91 Å². The molecule has 0 radical (unpaired) electrons. The number of H-pyrrole nitrogens is 1. The topological polar surface area (TPSA) is 108 Å². The fourth-order valence-electron chi connectivity index (χ4n) is 3.22. The Morgan fingerprint density at radius 3 is 2.78 bits per heavy atom. The summed E-state index contributed by atoms with van der Waals surface area (Å²) >= 11 is 1.27. The van der Waals surface area contributed by atoms with E-state index in [9.17, 15) is 4.79 Å². The predicted octanol–water partition coefficient (Wildman–Crippen LogP) is 4.98. The summed E-state index contributed by atoms with van der Waals surface area (Å²) in [4.78, 5) is 17.0. The SMILES string of the molecule is O=C(Nc1nncs1)c1ccccc1Nc1ccc2c(/C=C/c3ccccn3)n[nH]c2c1. The first-order valence-electron chi connectivity index (χ1n) is 9.77. The third kappa shape index (κ3) is 4.23. The van der Waals surface area contributed by atoms with Gasteiger partial charge in [-0.25, -0.2) is 0 Å². The van der Waals surface area contributed by atoms with E-state index in [2.05, 4.69) is 36.0 Å². The van der Waals surface area contributed by atoms with Gasteiger partial charge in [-0.05, 0) is 54.6 Å². The predicted molar refractivity (Wildman–Crippen MR) is 127 cm³/mol. The first kappa shape index (κ1) is 19.6. The summed E-state index contributed by atoms with van der Waals surface area (Å²) < 4.78 is 0. The largest absolute Gasteiger partial charge is 0.355 e. The quantitative estimate of drug-likeness (QED) is 0.344. The summed E-state index contributed by atoms with van der Waals surface area (Å²) in [5.41, 5.74) is 6.16. The number of rotatable bonds is 6. The number of nitrogens with zero attached hydrogens (tertiary/aromatic N) is 4. The molecule has 156 valence electrons. The molecular formula is C23H17N7OS. The molecule has 0 saturated carbocycles. The molecule has 3 heterocycles. The third-order valence-corrected chi connectivity index (χ3v) is 5.33. The standard InChI is InChI=1S/C23H17N7OS/c31-22(27-23-30-25-14-32-23)18-6-1-2-7-19(18)26-16-8-10-17-20(28-29-21(17)13-16)11-9-15-5-3-4-12-24-15/h1-14,26H,(H,28,29)(H,27,30,31)/b11-9+. The lowest BCUT2D eigenvalue weighted by atomic mass is 10.1. The Hall–Kier alpha value is -4.37. The fraction of sp³-hybridized carbons (Fsp3) is 0. The molecule has 0 aliphatic rings. The molecule has 0 fully saturated rings. The van der Waals surface area contributed by atoms with Crippen LogP contribution < -0.4 is 10.6 Å². The van der Waals surface area contributed by atoms with Gasteiger partial charge in [0.05, 0.1) is 28.2 Å². The van der Waals surface area contributed by atoms with Crippen molar-refractivity contribution in [1.29, 1.82) is 0 Å². The van der Waals surface area contributed by atoms with Gasteiger partial charge >= 0.3 is 0 Å². The van der Waals surface area contributed by atoms with Crippen LogP contribution in [0.5, 0.6) is 0 Å². The van der Waals surface area contributed by atoms with E-state index < -0.39 is 0 Å². The number of amides is 1. The summed E-state index contributed by atoms with van der Waals surface area (Å²) in [5, 5.41) is 22.6. The van der Waals surface area contributed by atoms with Crippen LogP contribution in [0.1, 0.15) is 21.7 Å². The molecule has 5 rings (SSSR count). The number of carbonyl (C=O) groups is 1. The zero-order chi connectivity index (χ0) is 21.8. The summed E-state index contributed by atoms with van der Waals surface area (Å²) in [6.45, 7) is 0. The van der Waals surface area contributed by atoms with Gasteiger partial charge in [-0.3, -0.25) is 20.2 Å². The van der Waals surface area contributed by atoms with Crippen molar-refractivity contribution in [3.63, 3.8) is 0 Å². The first-order valence-corrected chi connectivity index (χ1v) is 10.6. The van der Waals surface area contributed by atoms with Crippen LogP contribution in [-0.4, -0.2) is 31.3 Å². The highest BCUT2D eigenvalue weighted by Crippen LogP contribution is 2.26. The van der Waals surface area contributed by atoms with Gasteiger partial charge in [-0.15, -0.1) is 10.2 Å². The van der Waals surface area contributed by atoms with Crippen LogP contribution in [-0.2, 0) is 0 Å². The molecule has 3 aromatic heterocycles. The van der Waals surface area contributed by atoms with Gasteiger partial charge < -0.3 is 5.32 Å². The van der Waals surface area contributed by atoms with Crippen molar-refractivity contribution >= 4 is 56.8 Å². The molecule has 2 aromatic carbocycles. The van der Waals surface area contributed by atoms with Crippen molar-refractivity contribution in [3.8, 4) is 0 Å². The number of anilines is 3. The number of pyridine rings is 1. The van der Waals surface area contributed by atoms with E-state index in [0.717, 1.165) is 28.0 Å². The summed E-state index contributed by atoms with van der Waals surface area (Å²) in [6.07, 6.45) is 5.61. The number of benzene rings is 2. The Balaban J connectivity index is 1.37. The summed E-state index contributed by atoms with van der Waals surface area (Å²) in [6, 6.07) is 19.0. The lowest BCUT2D eigenvalue weighted by Crippen LogP contribution is -2.13. The molecule has 0 aliphatic carbocycles. The molecular weight excluding hydrogens is 422 g/mol. The van der Waals surface area contributed by atoms with E-state index in [1.807, 2.05) is 66.7 Å². The van der Waals surface area contributed by atoms with Gasteiger partial charge in [0.2, 0.25) is 5.13 Å². The van der Waals surface area contributed by atoms with Crippen LogP contribution in [0.25, 0.3) is 23.1 Å². The molecule has 3 N–H and O–H groups in total. The monoisotopic (exact) mass is 439 g/mol. The van der Waals surface area contributed by atoms with Gasteiger partial charge in [0, 0.05) is 17.3 Å². The average Bonchev–Trinajstić information content (AvgIpc) is 3.48. The highest BCUT2D eigenvalue weighted by molar-refractivity contribution is 7.13. The Morgan fingerprint density at radius 2 is 1.94 bits per heavy atom. The summed E-state index contributed by atoms with van der Waals surface area (Å²) in [5.74, 6) is -0.255. The van der Waals surface area contributed by atoms with Gasteiger partial charge in [-0.2, -0.15) is 5.10 Å². The van der Waals surface area contributed by atoms with Gasteiger partial charge in [0.1, 0.15) is 5.51 Å². The van der Waals surface area contributed by atoms with Crippen molar-refractivity contribution in [3.05, 3.63) is 89.3 Å². The number of carbonyl (C=O) groups excluding carboxylic acids is 1. The van der Waals surface area contributed by atoms with Gasteiger partial charge in [0.15, 0.2) is 0 Å². The lowest BCUT2D eigenvalue weighted by Gasteiger charge is -2.11. The Kier molecular flexibility index (Phi) is 5.38. The Labute approximate surface area is 187 Å². The average molecular weight is 440 g/mol. The molecule has 8 nitrogen and oxygen atoms in total. The maximum absolute atomic E-state index is 12.7. The van der Waals surface area contributed by atoms with Crippen molar-refractivity contribution < 1.29 is 4.79 Å². The summed E-state index contributed by atoms with van der Waals surface area (Å²) in [7, 11) is 0. The Bertz CT molecular complexity index is 1390. The highest BCUT2D eigenvalue weighted by atomic mass is 32.1. The smallest absolute Gasteiger partial charge is 0.259 e. The molecule has 0 atom stereocenters. The first-order chi connectivity index (χ1) is 15.8. The molecule has 9 heteroatoms. The zero-order valence-corrected chi connectivity index (χ0v) is 17.5. The van der Waals surface area contributed by atoms with Crippen molar-refractivity contribution in [1.82, 2.24) is 25.4 Å². The fourth-order valence-corrected chi connectivity index (χ4v) is 3.66. The van der Waals surface area contributed by atoms with Crippen molar-refractivity contribution in [2.75, 3.05) is 10.6 Å². The van der Waals surface area contributed by atoms with Crippen LogP contribution in [0.2, 0.25) is 0 Å². The molecule has 5 aromatic rings. The molecule has 0 spiro atoms. The second-order valence-corrected chi connectivity index (χ2v) is 7.66. The van der Waals surface area contributed by atoms with E-state index in [4.69, 9.17) is 0 Å². The van der Waals surface area contributed by atoms with E-state index in [1.54, 1.807) is 17.8 Å². The number of hydrogen-bond acceptors (Lipinski definition) is 7. The van der Waals surface area contributed by atoms with Crippen molar-refractivity contribution in [2.24, 2.45) is 0 Å². The molecule has 0 aliphatic heterocycles. The van der Waals surface area contributed by atoms with E-state index in [1.165, 1.54) is 11.3 Å². The molecule has 0 bridgehead atoms. The number of aromatic amines is 1. The number of fused-ring (bicyclic) bond motifs is 1. The maximum Gasteiger partial charge on any atom is 0.259 e. The van der Waals surface area contributed by atoms with Crippen LogP contribution in [0.3, 0.4) is 0 Å². The minimum absolute atomic E-state index is 0.255. The van der Waals surface area contributed by atoms with Crippen LogP contribution in [0, 0.1) is 0 Å². The molecule has 1 amide bonds. The minimum atomic E-state index is -0.255. The van der Waals surface area contributed by atoms with Gasteiger partial charge in [0.25, 0.3) is 5.91 Å². The molecule has 32 heavy (non-hydrogen) atoms. The van der Waals surface area contributed by atoms with Crippen molar-refractivity contribution in [2.45, 2.75) is 0 Å². The maximum atomic E-state index is 12.7. The second-order valence-electron chi connectivity index (χ2n) is 6.83. The number of hydrogen-bond donors (Lipinski definition) is 3. The molecule has 0 unspecified atom stereocenters. The van der Waals surface area contributed by atoms with E-state index in [0.29, 0.717) is 16.4 Å².